The maximum atomic E-state index is 10.8. The first kappa shape index (κ1) is 15.9. The Hall–Kier alpha value is -1.50. The second-order valence-electron chi connectivity index (χ2n) is 6.28. The molecule has 0 aromatic rings. The van der Waals surface area contributed by atoms with Gasteiger partial charge in [-0.2, -0.15) is 0 Å². The predicted molar refractivity (Wildman–Crippen MR) is 91.1 cm³/mol. The van der Waals surface area contributed by atoms with E-state index < -0.39 is 0 Å². The zero-order valence-corrected chi connectivity index (χ0v) is 13.4. The van der Waals surface area contributed by atoms with E-state index in [1.54, 1.807) is 0 Å². The molecule has 0 bridgehead atoms. The first-order chi connectivity index (χ1) is 10.2. The van der Waals surface area contributed by atoms with Crippen molar-refractivity contribution in [3.05, 3.63) is 59.9 Å². The summed E-state index contributed by atoms with van der Waals surface area (Å²) in [6.45, 7) is 8.33. The third-order valence-corrected chi connectivity index (χ3v) is 4.73. The van der Waals surface area contributed by atoms with E-state index in [0.717, 1.165) is 24.8 Å². The highest BCUT2D eigenvalue weighted by molar-refractivity contribution is 5.37. The van der Waals surface area contributed by atoms with Gasteiger partial charge in [0, 0.05) is 11.8 Å². The first-order valence-electron chi connectivity index (χ1n) is 8.24. The smallest absolute Gasteiger partial charge is 0.1000 e. The molecule has 0 saturated heterocycles. The molecule has 114 valence electrons. The number of unbranched alkanes of at least 4 members (excludes halogenated alkanes) is 1. The fourth-order valence-electron chi connectivity index (χ4n) is 3.32. The van der Waals surface area contributed by atoms with Gasteiger partial charge in [0.2, 0.25) is 0 Å². The molecule has 3 atom stereocenters. The lowest BCUT2D eigenvalue weighted by atomic mass is 9.77. The molecule has 1 heteroatoms. The van der Waals surface area contributed by atoms with Crippen LogP contribution in [0.15, 0.2) is 59.9 Å². The summed E-state index contributed by atoms with van der Waals surface area (Å²) < 4.78 is 0. The Kier molecular flexibility index (Phi) is 5.67. The fourth-order valence-corrected chi connectivity index (χ4v) is 3.32. The van der Waals surface area contributed by atoms with Crippen LogP contribution in [0.4, 0.5) is 0 Å². The van der Waals surface area contributed by atoms with Crippen LogP contribution in [-0.2, 0) is 0 Å². The van der Waals surface area contributed by atoms with Crippen molar-refractivity contribution in [2.45, 2.75) is 46.0 Å². The molecule has 2 aliphatic carbocycles. The summed E-state index contributed by atoms with van der Waals surface area (Å²) in [6.07, 6.45) is 18.5. The van der Waals surface area contributed by atoms with Crippen LogP contribution in [-0.4, -0.2) is 5.11 Å². The molecule has 21 heavy (non-hydrogen) atoms. The highest BCUT2D eigenvalue weighted by Crippen LogP contribution is 2.37. The summed E-state index contributed by atoms with van der Waals surface area (Å²) >= 11 is 0. The summed E-state index contributed by atoms with van der Waals surface area (Å²) in [5.41, 5.74) is 2.42. The summed E-state index contributed by atoms with van der Waals surface area (Å²) in [5.74, 6) is 1.52. The van der Waals surface area contributed by atoms with Crippen LogP contribution < -0.4 is 0 Å². The van der Waals surface area contributed by atoms with Crippen LogP contribution in [0.5, 0.6) is 0 Å². The number of aliphatic hydroxyl groups is 1. The van der Waals surface area contributed by atoms with Gasteiger partial charge in [-0.25, -0.2) is 0 Å². The number of hydrogen-bond acceptors (Lipinski definition) is 1. The van der Waals surface area contributed by atoms with Crippen molar-refractivity contribution >= 4 is 0 Å². The van der Waals surface area contributed by atoms with Crippen molar-refractivity contribution in [2.75, 3.05) is 0 Å². The van der Waals surface area contributed by atoms with Crippen molar-refractivity contribution < 1.29 is 5.11 Å². The summed E-state index contributed by atoms with van der Waals surface area (Å²) in [4.78, 5) is 0. The van der Waals surface area contributed by atoms with E-state index in [9.17, 15) is 5.11 Å². The van der Waals surface area contributed by atoms with Gasteiger partial charge in [0.1, 0.15) is 0 Å². The van der Waals surface area contributed by atoms with Crippen LogP contribution in [0.25, 0.3) is 0 Å². The Morgan fingerprint density at radius 2 is 2.19 bits per heavy atom. The molecule has 1 nitrogen and oxygen atoms in total. The minimum atomic E-state index is 0.217. The van der Waals surface area contributed by atoms with Crippen LogP contribution in [0.1, 0.15) is 46.0 Å². The normalized spacial score (nSPS) is 26.7. The molecule has 2 unspecified atom stereocenters. The van der Waals surface area contributed by atoms with Crippen molar-refractivity contribution in [1.29, 1.82) is 0 Å². The summed E-state index contributed by atoms with van der Waals surface area (Å²) in [7, 11) is 0. The van der Waals surface area contributed by atoms with E-state index in [1.807, 2.05) is 6.08 Å². The van der Waals surface area contributed by atoms with Gasteiger partial charge < -0.3 is 5.11 Å². The Morgan fingerprint density at radius 1 is 1.38 bits per heavy atom. The van der Waals surface area contributed by atoms with Gasteiger partial charge in [-0.05, 0) is 37.7 Å². The molecule has 0 fully saturated rings. The maximum Gasteiger partial charge on any atom is 0.1000 e. The largest absolute Gasteiger partial charge is 0.512 e. The monoisotopic (exact) mass is 284 g/mol. The molecule has 0 aliphatic heterocycles. The highest BCUT2D eigenvalue weighted by atomic mass is 16.3. The van der Waals surface area contributed by atoms with Gasteiger partial charge in [-0.3, -0.25) is 0 Å². The van der Waals surface area contributed by atoms with Gasteiger partial charge in [-0.1, -0.05) is 61.8 Å². The Labute approximate surface area is 129 Å². The topological polar surface area (TPSA) is 20.2 Å². The third kappa shape index (κ3) is 3.78. The van der Waals surface area contributed by atoms with E-state index in [0.29, 0.717) is 17.6 Å². The molecule has 1 N–H and O–H groups in total. The van der Waals surface area contributed by atoms with Crippen molar-refractivity contribution in [3.63, 3.8) is 0 Å². The molecule has 0 radical (unpaired) electrons. The molecule has 0 saturated carbocycles. The van der Waals surface area contributed by atoms with Crippen molar-refractivity contribution in [3.8, 4) is 0 Å². The number of allylic oxidation sites excluding steroid dienone is 9. The molecule has 0 amide bonds. The fraction of sp³-hybridized carbons (Fsp3) is 0.500. The highest BCUT2D eigenvalue weighted by Gasteiger charge is 2.28. The minimum absolute atomic E-state index is 0.217. The van der Waals surface area contributed by atoms with Gasteiger partial charge in [-0.15, -0.1) is 6.58 Å². The zero-order valence-electron chi connectivity index (χ0n) is 13.4. The van der Waals surface area contributed by atoms with Crippen LogP contribution in [0.2, 0.25) is 0 Å². The standard InChI is InChI=1S/C20H28O/c1-4-6-8-16(5-2)18-9-7-10-19(20(18)21)17-13-11-15(3)12-14-17/h5,7,10-13,16-18,21H,2,4,6,8-9,14H2,1,3H3/t16?,17?,18-/m1/s1. The zero-order chi connectivity index (χ0) is 15.2. The summed E-state index contributed by atoms with van der Waals surface area (Å²) in [5, 5.41) is 10.8. The molecule has 0 aromatic carbocycles. The van der Waals surface area contributed by atoms with Crippen LogP contribution in [0, 0.1) is 17.8 Å². The quantitative estimate of drug-likeness (QED) is 0.603. The lowest BCUT2D eigenvalue weighted by Crippen LogP contribution is -2.20. The molecule has 2 rings (SSSR count). The van der Waals surface area contributed by atoms with Gasteiger partial charge in [0.25, 0.3) is 0 Å². The van der Waals surface area contributed by atoms with E-state index in [4.69, 9.17) is 0 Å². The van der Waals surface area contributed by atoms with Crippen LogP contribution >= 0.6 is 0 Å². The number of hydrogen-bond donors (Lipinski definition) is 1. The van der Waals surface area contributed by atoms with Crippen LogP contribution in [0.3, 0.4) is 0 Å². The van der Waals surface area contributed by atoms with Crippen molar-refractivity contribution in [1.82, 2.24) is 0 Å². The molecule has 2 aliphatic rings. The number of rotatable bonds is 6. The van der Waals surface area contributed by atoms with Gasteiger partial charge >= 0.3 is 0 Å². The maximum absolute atomic E-state index is 10.8. The molecule has 0 heterocycles. The van der Waals surface area contributed by atoms with E-state index in [1.165, 1.54) is 18.4 Å². The molecular formula is C20H28O. The van der Waals surface area contributed by atoms with E-state index >= 15 is 0 Å². The first-order valence-corrected chi connectivity index (χ1v) is 8.24. The lowest BCUT2D eigenvalue weighted by Gasteiger charge is -2.29. The lowest BCUT2D eigenvalue weighted by molar-refractivity contribution is 0.266. The Morgan fingerprint density at radius 3 is 2.81 bits per heavy atom. The average Bonchev–Trinajstić information content (AvgIpc) is 2.50. The van der Waals surface area contributed by atoms with E-state index in [-0.39, 0.29) is 5.92 Å². The van der Waals surface area contributed by atoms with Crippen molar-refractivity contribution in [2.24, 2.45) is 17.8 Å². The molecule has 0 aromatic heterocycles. The molecule has 0 spiro atoms. The minimum Gasteiger partial charge on any atom is -0.512 e. The second-order valence-corrected chi connectivity index (χ2v) is 6.28. The third-order valence-electron chi connectivity index (χ3n) is 4.73. The second kappa shape index (κ2) is 7.49. The van der Waals surface area contributed by atoms with Gasteiger partial charge in [0.15, 0.2) is 0 Å². The summed E-state index contributed by atoms with van der Waals surface area (Å²) in [6, 6.07) is 0. The average molecular weight is 284 g/mol. The number of aliphatic hydroxyl groups excluding tert-OH is 1. The Balaban J connectivity index is 2.17. The van der Waals surface area contributed by atoms with Gasteiger partial charge in [0.05, 0.1) is 5.76 Å². The van der Waals surface area contributed by atoms with E-state index in [2.05, 4.69) is 50.8 Å². The SMILES string of the molecule is C=CC(CCCC)[C@H]1CC=CC(C2C=CC(C)=CC2)=C1O. The predicted octanol–water partition coefficient (Wildman–Crippen LogP) is 5.89. The Bertz CT molecular complexity index is 490. The molecular weight excluding hydrogens is 256 g/mol.